The van der Waals surface area contributed by atoms with Crippen LogP contribution >= 0.6 is 0 Å². The third-order valence-corrected chi connectivity index (χ3v) is 2.49. The van der Waals surface area contributed by atoms with Gasteiger partial charge in [0.25, 0.3) is 0 Å². The van der Waals surface area contributed by atoms with E-state index in [1.165, 1.54) is 6.20 Å². The van der Waals surface area contributed by atoms with Gasteiger partial charge in [0.2, 0.25) is 11.6 Å². The van der Waals surface area contributed by atoms with Crippen LogP contribution < -0.4 is 10.8 Å². The number of nitrogens with two attached hydrogens (primary N) is 1. The number of aromatic nitrogens is 6. The van der Waals surface area contributed by atoms with E-state index in [9.17, 15) is 9.90 Å². The Hall–Kier alpha value is -3.30. The summed E-state index contributed by atoms with van der Waals surface area (Å²) in [4.78, 5) is 15.0. The number of carboxylic acids is 1. The van der Waals surface area contributed by atoms with Gasteiger partial charge in [-0.3, -0.25) is 4.98 Å². The van der Waals surface area contributed by atoms with Crippen LogP contribution in [0.5, 0.6) is 0 Å². The van der Waals surface area contributed by atoms with Crippen LogP contribution in [-0.4, -0.2) is 36.3 Å². The molecule has 3 aromatic rings. The SMILES string of the molecule is Nc1nonc1-n1nnc(C(=O)[O-])c1-c1cccnc1. The fourth-order valence-corrected chi connectivity index (χ4v) is 1.67. The molecular weight excluding hydrogens is 266 g/mol. The molecule has 100 valence electrons. The Labute approximate surface area is 110 Å². The van der Waals surface area contributed by atoms with Gasteiger partial charge < -0.3 is 15.6 Å². The molecule has 3 aromatic heterocycles. The summed E-state index contributed by atoms with van der Waals surface area (Å²) < 4.78 is 5.57. The highest BCUT2D eigenvalue weighted by Gasteiger charge is 2.21. The minimum atomic E-state index is -1.48. The van der Waals surface area contributed by atoms with Crippen molar-refractivity contribution in [2.75, 3.05) is 5.73 Å². The molecule has 0 aromatic carbocycles. The molecule has 0 atom stereocenters. The van der Waals surface area contributed by atoms with E-state index in [0.29, 0.717) is 5.56 Å². The molecule has 3 rings (SSSR count). The van der Waals surface area contributed by atoms with E-state index < -0.39 is 5.97 Å². The average molecular weight is 272 g/mol. The molecule has 10 heteroatoms. The van der Waals surface area contributed by atoms with Gasteiger partial charge in [0.15, 0.2) is 0 Å². The number of pyridine rings is 1. The quantitative estimate of drug-likeness (QED) is 0.610. The first kappa shape index (κ1) is 11.8. The molecule has 0 aliphatic heterocycles. The predicted octanol–water partition coefficient (Wildman–Crippen LogP) is -1.34. The normalized spacial score (nSPS) is 10.6. The van der Waals surface area contributed by atoms with Crippen LogP contribution in [0.25, 0.3) is 17.1 Å². The molecule has 0 amide bonds. The smallest absolute Gasteiger partial charge is 0.243 e. The maximum Gasteiger partial charge on any atom is 0.243 e. The summed E-state index contributed by atoms with van der Waals surface area (Å²) in [6.45, 7) is 0. The van der Waals surface area contributed by atoms with Crippen LogP contribution in [0.15, 0.2) is 29.2 Å². The number of hydrogen-bond acceptors (Lipinski definition) is 9. The first-order chi connectivity index (χ1) is 9.68. The fourth-order valence-electron chi connectivity index (χ4n) is 1.67. The largest absolute Gasteiger partial charge is 0.543 e. The number of carbonyl (C=O) groups excluding carboxylic acids is 1. The van der Waals surface area contributed by atoms with E-state index in [4.69, 9.17) is 5.73 Å². The lowest BCUT2D eigenvalue weighted by atomic mass is 10.1. The standard InChI is InChI=1S/C10H7N7O3/c11-8-9(15-20-14-8)17-7(5-2-1-3-12-4-5)6(10(18)19)13-16-17/h1-4H,(H2,11,14)(H,18,19)/p-1. The molecule has 0 spiro atoms. The van der Waals surface area contributed by atoms with Gasteiger partial charge >= 0.3 is 0 Å². The first-order valence-corrected chi connectivity index (χ1v) is 5.34. The van der Waals surface area contributed by atoms with Gasteiger partial charge in [0, 0.05) is 18.0 Å². The van der Waals surface area contributed by atoms with Gasteiger partial charge in [0.05, 0.1) is 5.97 Å². The highest BCUT2D eigenvalue weighted by molar-refractivity contribution is 5.91. The van der Waals surface area contributed by atoms with Crippen LogP contribution in [0.4, 0.5) is 5.82 Å². The summed E-state index contributed by atoms with van der Waals surface area (Å²) in [7, 11) is 0. The van der Waals surface area contributed by atoms with E-state index in [2.05, 4.69) is 30.2 Å². The van der Waals surface area contributed by atoms with Crippen molar-refractivity contribution in [1.29, 1.82) is 0 Å². The zero-order valence-corrected chi connectivity index (χ0v) is 9.79. The van der Waals surface area contributed by atoms with Crippen molar-refractivity contribution in [3.8, 4) is 17.1 Å². The minimum Gasteiger partial charge on any atom is -0.543 e. The Bertz CT molecular complexity index is 764. The number of nitrogens with zero attached hydrogens (tertiary/aromatic N) is 6. The minimum absolute atomic E-state index is 0.0313. The molecule has 0 unspecified atom stereocenters. The van der Waals surface area contributed by atoms with Crippen LogP contribution in [0.1, 0.15) is 10.5 Å². The van der Waals surface area contributed by atoms with Crippen LogP contribution in [0.2, 0.25) is 0 Å². The second-order valence-electron chi connectivity index (χ2n) is 3.70. The van der Waals surface area contributed by atoms with Crippen LogP contribution in [0.3, 0.4) is 0 Å². The Morgan fingerprint density at radius 3 is 2.85 bits per heavy atom. The second-order valence-corrected chi connectivity index (χ2v) is 3.70. The van der Waals surface area contributed by atoms with Crippen molar-refractivity contribution < 1.29 is 14.5 Å². The third-order valence-electron chi connectivity index (χ3n) is 2.49. The number of aromatic carboxylic acids is 1. The highest BCUT2D eigenvalue weighted by atomic mass is 16.6. The number of anilines is 1. The van der Waals surface area contributed by atoms with Crippen molar-refractivity contribution in [2.45, 2.75) is 0 Å². The van der Waals surface area contributed by atoms with E-state index in [1.807, 2.05) is 0 Å². The summed E-state index contributed by atoms with van der Waals surface area (Å²) >= 11 is 0. The third kappa shape index (κ3) is 1.75. The molecule has 0 bridgehead atoms. The molecular formula is C10H6N7O3-. The van der Waals surface area contributed by atoms with Gasteiger partial charge in [-0.25, -0.2) is 4.63 Å². The Kier molecular flexibility index (Phi) is 2.60. The Morgan fingerprint density at radius 1 is 1.40 bits per heavy atom. The van der Waals surface area contributed by atoms with Gasteiger partial charge in [0.1, 0.15) is 11.4 Å². The molecule has 0 aliphatic rings. The monoisotopic (exact) mass is 272 g/mol. The molecule has 2 N–H and O–H groups in total. The number of rotatable bonds is 3. The van der Waals surface area contributed by atoms with Gasteiger partial charge in [-0.1, -0.05) is 5.21 Å². The van der Waals surface area contributed by atoms with Gasteiger partial charge in [-0.15, -0.1) is 5.10 Å². The number of hydrogen-bond donors (Lipinski definition) is 1. The molecule has 0 aliphatic carbocycles. The fraction of sp³-hybridized carbons (Fsp3) is 0. The summed E-state index contributed by atoms with van der Waals surface area (Å²) in [5, 5.41) is 25.3. The lowest BCUT2D eigenvalue weighted by Crippen LogP contribution is -2.23. The molecule has 20 heavy (non-hydrogen) atoms. The van der Waals surface area contributed by atoms with Crippen LogP contribution in [-0.2, 0) is 0 Å². The lowest BCUT2D eigenvalue weighted by molar-refractivity contribution is -0.255. The zero-order chi connectivity index (χ0) is 14.1. The van der Waals surface area contributed by atoms with Gasteiger partial charge in [-0.2, -0.15) is 4.68 Å². The maximum atomic E-state index is 11.1. The van der Waals surface area contributed by atoms with E-state index >= 15 is 0 Å². The molecule has 0 saturated carbocycles. The Morgan fingerprint density at radius 2 is 2.25 bits per heavy atom. The summed E-state index contributed by atoms with van der Waals surface area (Å²) in [5.74, 6) is -1.50. The summed E-state index contributed by atoms with van der Waals surface area (Å²) in [6, 6.07) is 3.27. The number of carboxylic acid groups (broad SMARTS) is 1. The lowest BCUT2D eigenvalue weighted by Gasteiger charge is -2.05. The zero-order valence-electron chi connectivity index (χ0n) is 9.79. The van der Waals surface area contributed by atoms with Crippen molar-refractivity contribution in [3.05, 3.63) is 30.2 Å². The first-order valence-electron chi connectivity index (χ1n) is 5.34. The van der Waals surface area contributed by atoms with Crippen molar-refractivity contribution in [2.24, 2.45) is 0 Å². The summed E-state index contributed by atoms with van der Waals surface area (Å²) in [5.41, 5.74) is 5.79. The number of nitrogen functional groups attached to an aromatic ring is 1. The molecule has 10 nitrogen and oxygen atoms in total. The molecule has 0 fully saturated rings. The van der Waals surface area contributed by atoms with E-state index in [0.717, 1.165) is 4.68 Å². The topological polar surface area (TPSA) is 149 Å². The maximum absolute atomic E-state index is 11.1. The van der Waals surface area contributed by atoms with Gasteiger partial charge in [-0.05, 0) is 22.4 Å². The number of carbonyl (C=O) groups is 1. The van der Waals surface area contributed by atoms with Crippen molar-refractivity contribution >= 4 is 11.8 Å². The predicted molar refractivity (Wildman–Crippen MR) is 61.2 cm³/mol. The average Bonchev–Trinajstić information content (AvgIpc) is 3.05. The van der Waals surface area contributed by atoms with E-state index in [-0.39, 0.29) is 23.0 Å². The van der Waals surface area contributed by atoms with Crippen molar-refractivity contribution in [3.63, 3.8) is 0 Å². The molecule has 0 saturated heterocycles. The second kappa shape index (κ2) is 4.42. The molecule has 3 heterocycles. The van der Waals surface area contributed by atoms with E-state index in [1.54, 1.807) is 18.3 Å². The highest BCUT2D eigenvalue weighted by Crippen LogP contribution is 2.25. The molecule has 0 radical (unpaired) electrons. The Balaban J connectivity index is 2.27. The van der Waals surface area contributed by atoms with Crippen LogP contribution in [0, 0.1) is 0 Å². The van der Waals surface area contributed by atoms with Crippen molar-refractivity contribution in [1.82, 2.24) is 30.3 Å². The summed E-state index contributed by atoms with van der Waals surface area (Å²) in [6.07, 6.45) is 2.99.